The highest BCUT2D eigenvalue weighted by Crippen LogP contribution is 2.22. The van der Waals surface area contributed by atoms with E-state index in [1.54, 1.807) is 6.08 Å². The lowest BCUT2D eigenvalue weighted by molar-refractivity contribution is 0.182. The van der Waals surface area contributed by atoms with Gasteiger partial charge in [0.2, 0.25) is 10.0 Å². The Morgan fingerprint density at radius 1 is 0.966 bits per heavy atom. The van der Waals surface area contributed by atoms with Crippen molar-refractivity contribution in [3.8, 4) is 0 Å². The number of hydrogen-bond acceptors (Lipinski definition) is 4. The average Bonchev–Trinajstić information content (AvgIpc) is 2.74. The van der Waals surface area contributed by atoms with Crippen molar-refractivity contribution in [3.05, 3.63) is 82.4 Å². The molecule has 0 spiro atoms. The van der Waals surface area contributed by atoms with Gasteiger partial charge in [-0.05, 0) is 23.8 Å². The molecule has 0 bridgehead atoms. The molecule has 0 aliphatic carbocycles. The third kappa shape index (κ3) is 4.85. The highest BCUT2D eigenvalue weighted by molar-refractivity contribution is 7.92. The summed E-state index contributed by atoms with van der Waals surface area (Å²) in [6.45, 7) is 2.88. The van der Waals surface area contributed by atoms with Gasteiger partial charge in [0.1, 0.15) is 5.15 Å². The Hall–Kier alpha value is -2.25. The molecule has 0 atom stereocenters. The smallest absolute Gasteiger partial charge is 0.236 e. The molecule has 1 aromatic heterocycles. The summed E-state index contributed by atoms with van der Waals surface area (Å²) >= 11 is 6.37. The van der Waals surface area contributed by atoms with Crippen molar-refractivity contribution in [2.75, 3.05) is 26.2 Å². The topological polar surface area (TPSA) is 53.5 Å². The predicted molar refractivity (Wildman–Crippen MR) is 118 cm³/mol. The van der Waals surface area contributed by atoms with E-state index in [-0.39, 0.29) is 0 Å². The van der Waals surface area contributed by atoms with Crippen LogP contribution in [-0.4, -0.2) is 48.8 Å². The van der Waals surface area contributed by atoms with Gasteiger partial charge in [-0.2, -0.15) is 4.31 Å². The van der Waals surface area contributed by atoms with Gasteiger partial charge in [0.25, 0.3) is 0 Å². The van der Waals surface area contributed by atoms with Crippen LogP contribution in [0.15, 0.2) is 66.1 Å². The van der Waals surface area contributed by atoms with Gasteiger partial charge in [0.05, 0.1) is 5.52 Å². The van der Waals surface area contributed by atoms with Crippen LogP contribution in [0.1, 0.15) is 11.1 Å². The van der Waals surface area contributed by atoms with Crippen molar-refractivity contribution in [3.63, 3.8) is 0 Å². The minimum absolute atomic E-state index is 0.458. The van der Waals surface area contributed by atoms with Crippen LogP contribution in [-0.2, 0) is 16.6 Å². The van der Waals surface area contributed by atoms with Crippen molar-refractivity contribution in [1.29, 1.82) is 0 Å². The number of hydrogen-bond donors (Lipinski definition) is 0. The van der Waals surface area contributed by atoms with Gasteiger partial charge in [-0.15, -0.1) is 0 Å². The van der Waals surface area contributed by atoms with Gasteiger partial charge in [-0.1, -0.05) is 60.1 Å². The number of rotatable bonds is 5. The fourth-order valence-corrected chi connectivity index (χ4v) is 4.82. The number of fused-ring (bicyclic) bond motifs is 1. The number of sulfonamides is 1. The van der Waals surface area contributed by atoms with Gasteiger partial charge < -0.3 is 0 Å². The summed E-state index contributed by atoms with van der Waals surface area (Å²) in [5.41, 5.74) is 2.71. The first-order valence-electron chi connectivity index (χ1n) is 9.51. The van der Waals surface area contributed by atoms with E-state index in [1.807, 2.05) is 54.6 Å². The molecule has 0 radical (unpaired) electrons. The van der Waals surface area contributed by atoms with E-state index in [9.17, 15) is 8.42 Å². The first-order valence-corrected chi connectivity index (χ1v) is 11.4. The Kier molecular flexibility index (Phi) is 5.96. The molecule has 0 unspecified atom stereocenters. The summed E-state index contributed by atoms with van der Waals surface area (Å²) in [6.07, 6.45) is 1.64. The van der Waals surface area contributed by atoms with Crippen molar-refractivity contribution in [2.24, 2.45) is 0 Å². The fraction of sp³-hybridized carbons (Fsp3) is 0.227. The first-order chi connectivity index (χ1) is 14.0. The van der Waals surface area contributed by atoms with E-state index < -0.39 is 10.0 Å². The molecule has 2 aromatic carbocycles. The summed E-state index contributed by atoms with van der Waals surface area (Å²) < 4.78 is 26.8. The molecule has 3 aromatic rings. The number of para-hydroxylation sites is 1. The summed E-state index contributed by atoms with van der Waals surface area (Å²) in [7, 11) is -3.43. The van der Waals surface area contributed by atoms with Crippen molar-refractivity contribution >= 4 is 38.6 Å². The van der Waals surface area contributed by atoms with Gasteiger partial charge >= 0.3 is 0 Å². The Balaban J connectivity index is 1.39. The van der Waals surface area contributed by atoms with E-state index in [0.717, 1.165) is 22.0 Å². The van der Waals surface area contributed by atoms with Gasteiger partial charge in [0.15, 0.2) is 0 Å². The highest BCUT2D eigenvalue weighted by atomic mass is 35.5. The first kappa shape index (κ1) is 20.0. The SMILES string of the molecule is O=S(=O)(C=Cc1ccccc1)N1CCN(Cc2cc3ccccc3nc2Cl)CC1. The minimum Gasteiger partial charge on any atom is -0.296 e. The second kappa shape index (κ2) is 8.63. The number of nitrogens with zero attached hydrogens (tertiary/aromatic N) is 3. The molecule has 1 fully saturated rings. The van der Waals surface area contributed by atoms with Gasteiger partial charge in [-0.25, -0.2) is 13.4 Å². The molecule has 4 rings (SSSR count). The number of piperazine rings is 1. The van der Waals surface area contributed by atoms with Crippen LogP contribution in [0.5, 0.6) is 0 Å². The quantitative estimate of drug-likeness (QED) is 0.577. The lowest BCUT2D eigenvalue weighted by Gasteiger charge is -2.33. The zero-order valence-electron chi connectivity index (χ0n) is 15.9. The van der Waals surface area contributed by atoms with Crippen molar-refractivity contribution in [2.45, 2.75) is 6.54 Å². The summed E-state index contributed by atoms with van der Waals surface area (Å²) in [5.74, 6) is 0. The molecule has 1 aliphatic rings. The van der Waals surface area contributed by atoms with Crippen molar-refractivity contribution < 1.29 is 8.42 Å². The van der Waals surface area contributed by atoms with E-state index in [4.69, 9.17) is 11.6 Å². The molecular formula is C22H22ClN3O2S. The Morgan fingerprint density at radius 2 is 1.66 bits per heavy atom. The average molecular weight is 428 g/mol. The Morgan fingerprint density at radius 3 is 2.41 bits per heavy atom. The van der Waals surface area contributed by atoms with E-state index >= 15 is 0 Å². The standard InChI is InChI=1S/C22H22ClN3O2S/c23-22-20(16-19-8-4-5-9-21(19)24-22)17-25-11-13-26(14-12-25)29(27,28)15-10-18-6-2-1-3-7-18/h1-10,15-16H,11-14,17H2. The van der Waals surface area contributed by atoms with Crippen LogP contribution >= 0.6 is 11.6 Å². The van der Waals surface area contributed by atoms with Crippen LogP contribution in [0.4, 0.5) is 0 Å². The number of aromatic nitrogens is 1. The van der Waals surface area contributed by atoms with Crippen molar-refractivity contribution in [1.82, 2.24) is 14.2 Å². The van der Waals surface area contributed by atoms with Crippen LogP contribution < -0.4 is 0 Å². The summed E-state index contributed by atoms with van der Waals surface area (Å²) in [4.78, 5) is 6.68. The molecule has 150 valence electrons. The molecule has 2 heterocycles. The molecule has 0 saturated carbocycles. The maximum atomic E-state index is 12.6. The van der Waals surface area contributed by atoms with Gasteiger partial charge in [0, 0.05) is 49.1 Å². The number of benzene rings is 2. The van der Waals surface area contributed by atoms with Crippen LogP contribution in [0.2, 0.25) is 5.15 Å². The third-order valence-corrected chi connectivity index (χ3v) is 6.96. The molecule has 29 heavy (non-hydrogen) atoms. The Labute approximate surface area is 176 Å². The lowest BCUT2D eigenvalue weighted by atomic mass is 10.1. The maximum Gasteiger partial charge on any atom is 0.236 e. The lowest BCUT2D eigenvalue weighted by Crippen LogP contribution is -2.47. The highest BCUT2D eigenvalue weighted by Gasteiger charge is 2.25. The molecule has 7 heteroatoms. The Bertz CT molecular complexity index is 1130. The largest absolute Gasteiger partial charge is 0.296 e. The van der Waals surface area contributed by atoms with E-state index in [0.29, 0.717) is 37.9 Å². The van der Waals surface area contributed by atoms with Crippen LogP contribution in [0.25, 0.3) is 17.0 Å². The molecule has 1 saturated heterocycles. The summed E-state index contributed by atoms with van der Waals surface area (Å²) in [5, 5.41) is 2.85. The monoisotopic (exact) mass is 427 g/mol. The molecular weight excluding hydrogens is 406 g/mol. The van der Waals surface area contributed by atoms with E-state index in [1.165, 1.54) is 9.71 Å². The molecule has 0 amide bonds. The molecule has 0 N–H and O–H groups in total. The maximum absolute atomic E-state index is 12.6. The summed E-state index contributed by atoms with van der Waals surface area (Å²) in [6, 6.07) is 19.4. The normalized spacial score (nSPS) is 16.6. The predicted octanol–water partition coefficient (Wildman–Crippen LogP) is 4.01. The van der Waals surface area contributed by atoms with Gasteiger partial charge in [-0.3, -0.25) is 4.90 Å². The zero-order chi connectivity index (χ0) is 20.3. The van der Waals surface area contributed by atoms with Crippen LogP contribution in [0, 0.1) is 0 Å². The second-order valence-electron chi connectivity index (χ2n) is 7.06. The second-order valence-corrected chi connectivity index (χ2v) is 9.24. The minimum atomic E-state index is -3.43. The zero-order valence-corrected chi connectivity index (χ0v) is 17.5. The molecule has 5 nitrogen and oxygen atoms in total. The molecule has 1 aliphatic heterocycles. The number of halogens is 1. The third-order valence-electron chi connectivity index (χ3n) is 5.07. The van der Waals surface area contributed by atoms with E-state index in [2.05, 4.69) is 16.0 Å². The fourth-order valence-electron chi connectivity index (χ4n) is 3.44. The van der Waals surface area contributed by atoms with Crippen LogP contribution in [0.3, 0.4) is 0 Å². The number of pyridine rings is 1.